The van der Waals surface area contributed by atoms with Crippen LogP contribution in [0, 0.1) is 5.82 Å². The van der Waals surface area contributed by atoms with Gasteiger partial charge in [-0.1, -0.05) is 6.07 Å². The number of alkyl halides is 1. The molecule has 30 heavy (non-hydrogen) atoms. The van der Waals surface area contributed by atoms with Gasteiger partial charge in [-0.3, -0.25) is 4.79 Å². The Kier molecular flexibility index (Phi) is 3.99. The van der Waals surface area contributed by atoms with E-state index in [2.05, 4.69) is 20.2 Å². The van der Waals surface area contributed by atoms with Gasteiger partial charge in [-0.25, -0.2) is 13.8 Å². The van der Waals surface area contributed by atoms with Crippen LogP contribution in [0.15, 0.2) is 39.4 Å². The van der Waals surface area contributed by atoms with Crippen molar-refractivity contribution < 1.29 is 22.4 Å². The minimum Gasteiger partial charge on any atom is -0.458 e. The molecular formula is C20H17F2N5O3. The number of fused-ring (bicyclic) bond motifs is 2. The summed E-state index contributed by atoms with van der Waals surface area (Å²) in [6, 6.07) is 5.37. The molecule has 1 N–H and O–H groups in total. The summed E-state index contributed by atoms with van der Waals surface area (Å²) < 4.78 is 39.5. The lowest BCUT2D eigenvalue weighted by Gasteiger charge is -2.32. The molecule has 0 aliphatic carbocycles. The number of nitrogens with one attached hydrogen (secondary N) is 1. The first kappa shape index (κ1) is 18.5. The van der Waals surface area contributed by atoms with Gasteiger partial charge in [0.25, 0.3) is 5.89 Å². The quantitative estimate of drug-likeness (QED) is 0.550. The van der Waals surface area contributed by atoms with Gasteiger partial charge < -0.3 is 18.7 Å². The van der Waals surface area contributed by atoms with Crippen molar-refractivity contribution >= 4 is 16.9 Å². The molecule has 0 radical (unpaired) electrons. The summed E-state index contributed by atoms with van der Waals surface area (Å²) in [5.41, 5.74) is -0.0848. The third kappa shape index (κ3) is 2.87. The lowest BCUT2D eigenvalue weighted by atomic mass is 10.00. The van der Waals surface area contributed by atoms with Crippen LogP contribution < -0.4 is 0 Å². The number of aromatic nitrogens is 4. The van der Waals surface area contributed by atoms with Gasteiger partial charge in [-0.15, -0.1) is 10.2 Å². The molecule has 1 aliphatic rings. The molecule has 1 atom stereocenters. The zero-order chi connectivity index (χ0) is 21.0. The molecular weight excluding hydrogens is 396 g/mol. The van der Waals surface area contributed by atoms with Crippen molar-refractivity contribution in [2.75, 3.05) is 6.54 Å². The maximum Gasteiger partial charge on any atom is 0.312 e. The zero-order valence-corrected chi connectivity index (χ0v) is 16.1. The fourth-order valence-electron chi connectivity index (χ4n) is 3.64. The van der Waals surface area contributed by atoms with Crippen LogP contribution in [0.25, 0.3) is 11.0 Å². The molecule has 4 heterocycles. The first-order chi connectivity index (χ1) is 14.3. The summed E-state index contributed by atoms with van der Waals surface area (Å²) in [6.07, 6.45) is 2.05. The first-order valence-electron chi connectivity index (χ1n) is 9.37. The monoisotopic (exact) mass is 413 g/mol. The van der Waals surface area contributed by atoms with E-state index in [0.29, 0.717) is 35.4 Å². The standard InChI is InChI=1S/C20H17F2N5O3/c1-20(2,22)19-26-25-17(30-19)18(28)27-7-6-12-15(24-9-23-12)16(27)14-8-10-11(21)4-3-5-13(10)29-14/h3-5,8-9,16H,6-7H2,1-2H3,(H,23,24)/t16-/m1/s1. The lowest BCUT2D eigenvalue weighted by molar-refractivity contribution is 0.0622. The normalized spacial score (nSPS) is 16.8. The number of hydrogen-bond acceptors (Lipinski definition) is 6. The number of amides is 1. The van der Waals surface area contributed by atoms with Crippen molar-refractivity contribution in [2.24, 2.45) is 0 Å². The van der Waals surface area contributed by atoms with E-state index in [-0.39, 0.29) is 11.8 Å². The van der Waals surface area contributed by atoms with E-state index >= 15 is 0 Å². The van der Waals surface area contributed by atoms with Gasteiger partial charge in [0.2, 0.25) is 0 Å². The van der Waals surface area contributed by atoms with E-state index in [1.165, 1.54) is 31.1 Å². The molecule has 4 aromatic rings. The van der Waals surface area contributed by atoms with E-state index in [0.717, 1.165) is 5.69 Å². The number of hydrogen-bond donors (Lipinski definition) is 1. The van der Waals surface area contributed by atoms with Crippen molar-refractivity contribution in [2.45, 2.75) is 32.0 Å². The van der Waals surface area contributed by atoms with Crippen LogP contribution in [-0.2, 0) is 12.1 Å². The third-order valence-electron chi connectivity index (χ3n) is 5.10. The van der Waals surface area contributed by atoms with Crippen LogP contribution in [0.5, 0.6) is 0 Å². The lowest BCUT2D eigenvalue weighted by Crippen LogP contribution is -2.40. The second-order valence-electron chi connectivity index (χ2n) is 7.60. The molecule has 10 heteroatoms. The SMILES string of the molecule is CC(C)(F)c1nnc(C(=O)N2CCc3[nH]cnc3[C@H]2c2cc3c(F)cccc3o2)o1. The fraction of sp³-hybridized carbons (Fsp3) is 0.300. The zero-order valence-electron chi connectivity index (χ0n) is 16.1. The van der Waals surface area contributed by atoms with Crippen molar-refractivity contribution in [3.63, 3.8) is 0 Å². The Bertz CT molecular complexity index is 1250. The highest BCUT2D eigenvalue weighted by molar-refractivity contribution is 5.90. The Morgan fingerprint density at radius 2 is 2.13 bits per heavy atom. The first-order valence-corrected chi connectivity index (χ1v) is 9.37. The molecule has 0 spiro atoms. The molecule has 0 bridgehead atoms. The summed E-state index contributed by atoms with van der Waals surface area (Å²) in [4.78, 5) is 22.1. The minimum atomic E-state index is -1.88. The number of carbonyl (C=O) groups excluding carboxylic acids is 1. The number of halogens is 2. The van der Waals surface area contributed by atoms with Gasteiger partial charge in [0.05, 0.1) is 17.4 Å². The summed E-state index contributed by atoms with van der Waals surface area (Å²) in [5.74, 6) is -1.28. The Hall–Kier alpha value is -3.56. The molecule has 1 aliphatic heterocycles. The molecule has 5 rings (SSSR count). The second kappa shape index (κ2) is 6.48. The highest BCUT2D eigenvalue weighted by atomic mass is 19.1. The Labute approximate surface area is 168 Å². The molecule has 0 unspecified atom stereocenters. The van der Waals surface area contributed by atoms with Crippen LogP contribution in [0.2, 0.25) is 0 Å². The molecule has 0 saturated carbocycles. The van der Waals surface area contributed by atoms with Crippen LogP contribution >= 0.6 is 0 Å². The molecule has 0 fully saturated rings. The van der Waals surface area contributed by atoms with Crippen LogP contribution in [0.1, 0.15) is 53.6 Å². The van der Waals surface area contributed by atoms with Crippen molar-refractivity contribution in [1.82, 2.24) is 25.1 Å². The number of aromatic amines is 1. The van der Waals surface area contributed by atoms with Crippen LogP contribution in [-0.4, -0.2) is 37.5 Å². The smallest absolute Gasteiger partial charge is 0.312 e. The average Bonchev–Trinajstić information content (AvgIpc) is 3.44. The number of rotatable bonds is 3. The van der Waals surface area contributed by atoms with E-state index in [1.807, 2.05) is 0 Å². The van der Waals surface area contributed by atoms with Gasteiger partial charge >= 0.3 is 11.8 Å². The molecule has 1 aromatic carbocycles. The van der Waals surface area contributed by atoms with Gasteiger partial charge in [0.1, 0.15) is 23.2 Å². The van der Waals surface area contributed by atoms with Crippen molar-refractivity contribution in [1.29, 1.82) is 0 Å². The fourth-order valence-corrected chi connectivity index (χ4v) is 3.64. The van der Waals surface area contributed by atoms with Gasteiger partial charge in [0.15, 0.2) is 5.67 Å². The number of imidazole rings is 1. The number of H-pyrrole nitrogens is 1. The molecule has 1 amide bonds. The third-order valence-corrected chi connectivity index (χ3v) is 5.10. The predicted octanol–water partition coefficient (Wildman–Crippen LogP) is 3.67. The van der Waals surface area contributed by atoms with E-state index in [9.17, 15) is 13.6 Å². The number of benzene rings is 1. The Balaban J connectivity index is 1.59. The Morgan fingerprint density at radius 3 is 2.87 bits per heavy atom. The maximum absolute atomic E-state index is 14.2. The van der Waals surface area contributed by atoms with Crippen molar-refractivity contribution in [3.8, 4) is 0 Å². The van der Waals surface area contributed by atoms with E-state index in [4.69, 9.17) is 8.83 Å². The second-order valence-corrected chi connectivity index (χ2v) is 7.60. The molecule has 3 aromatic heterocycles. The minimum absolute atomic E-state index is 0.286. The Morgan fingerprint density at radius 1 is 1.30 bits per heavy atom. The number of nitrogens with zero attached hydrogens (tertiary/aromatic N) is 4. The number of furan rings is 1. The predicted molar refractivity (Wildman–Crippen MR) is 99.8 cm³/mol. The van der Waals surface area contributed by atoms with Gasteiger partial charge in [-0.2, -0.15) is 0 Å². The van der Waals surface area contributed by atoms with Crippen LogP contribution in [0.3, 0.4) is 0 Å². The van der Waals surface area contributed by atoms with Crippen LogP contribution in [0.4, 0.5) is 8.78 Å². The molecule has 8 nitrogen and oxygen atoms in total. The molecule has 0 saturated heterocycles. The van der Waals surface area contributed by atoms with E-state index in [1.54, 1.807) is 18.2 Å². The highest BCUT2D eigenvalue weighted by Gasteiger charge is 2.39. The number of carbonyl (C=O) groups is 1. The van der Waals surface area contributed by atoms with Gasteiger partial charge in [-0.05, 0) is 32.0 Å². The van der Waals surface area contributed by atoms with Crippen molar-refractivity contribution in [3.05, 3.63) is 65.3 Å². The van der Waals surface area contributed by atoms with Gasteiger partial charge in [0, 0.05) is 18.7 Å². The summed E-state index contributed by atoms with van der Waals surface area (Å²) in [7, 11) is 0. The molecule has 154 valence electrons. The largest absolute Gasteiger partial charge is 0.458 e. The highest BCUT2D eigenvalue weighted by Crippen LogP contribution is 2.37. The summed E-state index contributed by atoms with van der Waals surface area (Å²) >= 11 is 0. The average molecular weight is 413 g/mol. The maximum atomic E-state index is 14.2. The van der Waals surface area contributed by atoms with E-state index < -0.39 is 23.4 Å². The summed E-state index contributed by atoms with van der Waals surface area (Å²) in [5, 5.41) is 7.67. The topological polar surface area (TPSA) is 101 Å². The summed E-state index contributed by atoms with van der Waals surface area (Å²) in [6.45, 7) is 2.82.